The Bertz CT molecular complexity index is 475. The maximum Gasteiger partial charge on any atom is 0.315 e. The van der Waals surface area contributed by atoms with Crippen molar-refractivity contribution in [3.05, 3.63) is 40.2 Å². The molecule has 0 saturated carbocycles. The van der Waals surface area contributed by atoms with Gasteiger partial charge in [-0.3, -0.25) is 0 Å². The Morgan fingerprint density at radius 3 is 2.81 bits per heavy atom. The van der Waals surface area contributed by atoms with Gasteiger partial charge < -0.3 is 9.73 Å². The van der Waals surface area contributed by atoms with Gasteiger partial charge in [-0.15, -0.1) is 16.7 Å². The molecule has 1 N–H and O–H groups in total. The van der Waals surface area contributed by atoms with Crippen molar-refractivity contribution >= 4 is 33.5 Å². The van der Waals surface area contributed by atoms with Gasteiger partial charge >= 0.3 is 6.01 Å². The summed E-state index contributed by atoms with van der Waals surface area (Å²) in [6.45, 7) is 0.616. The van der Waals surface area contributed by atoms with E-state index in [4.69, 9.17) is 16.0 Å². The van der Waals surface area contributed by atoms with E-state index in [-0.39, 0.29) is 5.88 Å². The minimum Gasteiger partial charge on any atom is -0.407 e. The number of hydrogen-bond acceptors (Lipinski definition) is 4. The third-order valence-corrected chi connectivity index (χ3v) is 2.97. The van der Waals surface area contributed by atoms with E-state index in [0.717, 1.165) is 10.0 Å². The number of nitrogens with zero attached hydrogens (tertiary/aromatic N) is 2. The van der Waals surface area contributed by atoms with Crippen LogP contribution in [0.2, 0.25) is 0 Å². The van der Waals surface area contributed by atoms with Gasteiger partial charge in [0.15, 0.2) is 0 Å². The summed E-state index contributed by atoms with van der Waals surface area (Å²) in [5.74, 6) is 0.639. The summed E-state index contributed by atoms with van der Waals surface area (Å²) in [6.07, 6.45) is 0. The van der Waals surface area contributed by atoms with Gasteiger partial charge in [0.05, 0.1) is 0 Å². The zero-order valence-corrected chi connectivity index (χ0v) is 10.6. The zero-order chi connectivity index (χ0) is 11.4. The largest absolute Gasteiger partial charge is 0.407 e. The number of nitrogens with one attached hydrogen (secondary N) is 1. The average molecular weight is 303 g/mol. The lowest BCUT2D eigenvalue weighted by Crippen LogP contribution is -2.00. The minimum atomic E-state index is 0.226. The van der Waals surface area contributed by atoms with Crippen LogP contribution >= 0.6 is 27.5 Å². The first kappa shape index (κ1) is 11.4. The Kier molecular flexibility index (Phi) is 3.79. The number of aromatic nitrogens is 2. The third kappa shape index (κ3) is 2.74. The van der Waals surface area contributed by atoms with E-state index in [9.17, 15) is 0 Å². The lowest BCUT2D eigenvalue weighted by atomic mass is 10.2. The molecule has 0 unspecified atom stereocenters. The molecule has 0 aliphatic carbocycles. The van der Waals surface area contributed by atoms with Crippen LogP contribution in [0.15, 0.2) is 33.2 Å². The van der Waals surface area contributed by atoms with Crippen LogP contribution in [0.1, 0.15) is 11.5 Å². The Labute approximate surface area is 106 Å². The predicted molar refractivity (Wildman–Crippen MR) is 65.3 cm³/mol. The molecule has 4 nitrogen and oxygen atoms in total. The number of benzene rings is 1. The van der Waals surface area contributed by atoms with Crippen molar-refractivity contribution in [3.63, 3.8) is 0 Å². The Morgan fingerprint density at radius 2 is 2.12 bits per heavy atom. The number of anilines is 1. The highest BCUT2D eigenvalue weighted by molar-refractivity contribution is 9.10. The van der Waals surface area contributed by atoms with Gasteiger partial charge in [-0.05, 0) is 11.6 Å². The van der Waals surface area contributed by atoms with Crippen LogP contribution in [-0.4, -0.2) is 10.2 Å². The van der Waals surface area contributed by atoms with Crippen molar-refractivity contribution in [2.24, 2.45) is 0 Å². The van der Waals surface area contributed by atoms with Crippen LogP contribution in [0.4, 0.5) is 6.01 Å². The van der Waals surface area contributed by atoms with E-state index in [1.54, 1.807) is 0 Å². The highest BCUT2D eigenvalue weighted by Gasteiger charge is 2.04. The van der Waals surface area contributed by atoms with Gasteiger partial charge in [0.25, 0.3) is 0 Å². The molecule has 0 fully saturated rings. The maximum atomic E-state index is 5.55. The molecular formula is C10H9BrClN3O. The van der Waals surface area contributed by atoms with Crippen molar-refractivity contribution in [3.8, 4) is 0 Å². The van der Waals surface area contributed by atoms with E-state index in [1.807, 2.05) is 24.3 Å². The summed E-state index contributed by atoms with van der Waals surface area (Å²) in [4.78, 5) is 0. The fourth-order valence-corrected chi connectivity index (χ4v) is 1.72. The number of alkyl halides is 1. The predicted octanol–water partition coefficient (Wildman–Crippen LogP) is 3.18. The van der Waals surface area contributed by atoms with Gasteiger partial charge in [-0.25, -0.2) is 0 Å². The first-order valence-electron chi connectivity index (χ1n) is 4.65. The molecule has 2 rings (SSSR count). The van der Waals surface area contributed by atoms with E-state index >= 15 is 0 Å². The molecule has 2 aromatic rings. The van der Waals surface area contributed by atoms with Crippen LogP contribution in [0.5, 0.6) is 0 Å². The second-order valence-electron chi connectivity index (χ2n) is 3.08. The normalized spacial score (nSPS) is 10.4. The smallest absolute Gasteiger partial charge is 0.315 e. The van der Waals surface area contributed by atoms with E-state index < -0.39 is 0 Å². The SMILES string of the molecule is ClCc1nnc(NCc2ccccc2Br)o1. The summed E-state index contributed by atoms with van der Waals surface area (Å²) in [5.41, 5.74) is 1.12. The van der Waals surface area contributed by atoms with Crippen LogP contribution < -0.4 is 5.32 Å². The zero-order valence-electron chi connectivity index (χ0n) is 8.28. The molecule has 1 heterocycles. The topological polar surface area (TPSA) is 51.0 Å². The third-order valence-electron chi connectivity index (χ3n) is 1.97. The summed E-state index contributed by atoms with van der Waals surface area (Å²) < 4.78 is 6.26. The first-order valence-corrected chi connectivity index (χ1v) is 5.98. The van der Waals surface area contributed by atoms with E-state index in [2.05, 4.69) is 31.4 Å². The van der Waals surface area contributed by atoms with Gasteiger partial charge in [0, 0.05) is 11.0 Å². The number of hydrogen-bond donors (Lipinski definition) is 1. The van der Waals surface area contributed by atoms with Gasteiger partial charge in [0.1, 0.15) is 5.88 Å². The highest BCUT2D eigenvalue weighted by atomic mass is 79.9. The van der Waals surface area contributed by atoms with Crippen LogP contribution in [0, 0.1) is 0 Å². The molecule has 0 saturated heterocycles. The lowest BCUT2D eigenvalue weighted by Gasteiger charge is -2.03. The maximum absolute atomic E-state index is 5.55. The average Bonchev–Trinajstić information content (AvgIpc) is 2.76. The van der Waals surface area contributed by atoms with Crippen LogP contribution in [0.25, 0.3) is 0 Å². The molecular weight excluding hydrogens is 293 g/mol. The van der Waals surface area contributed by atoms with Crippen LogP contribution in [0.3, 0.4) is 0 Å². The van der Waals surface area contributed by atoms with Crippen LogP contribution in [-0.2, 0) is 12.4 Å². The molecule has 0 amide bonds. The molecule has 0 aliphatic rings. The molecule has 0 radical (unpaired) electrons. The Hall–Kier alpha value is -1.07. The minimum absolute atomic E-state index is 0.226. The quantitative estimate of drug-likeness (QED) is 0.881. The molecule has 0 bridgehead atoms. The second kappa shape index (κ2) is 5.32. The van der Waals surface area contributed by atoms with Crippen molar-refractivity contribution in [2.75, 3.05) is 5.32 Å². The lowest BCUT2D eigenvalue weighted by molar-refractivity contribution is 0.525. The summed E-state index contributed by atoms with van der Waals surface area (Å²) in [7, 11) is 0. The number of halogens is 2. The summed E-state index contributed by atoms with van der Waals surface area (Å²) >= 11 is 9.01. The Balaban J connectivity index is 1.99. The fraction of sp³-hybridized carbons (Fsp3) is 0.200. The first-order chi connectivity index (χ1) is 7.79. The van der Waals surface area contributed by atoms with Gasteiger partial charge in [0.2, 0.25) is 5.89 Å². The molecule has 1 aromatic carbocycles. The fourth-order valence-electron chi connectivity index (χ4n) is 1.19. The van der Waals surface area contributed by atoms with Crippen molar-refractivity contribution in [1.82, 2.24) is 10.2 Å². The van der Waals surface area contributed by atoms with E-state index in [1.165, 1.54) is 0 Å². The van der Waals surface area contributed by atoms with E-state index in [0.29, 0.717) is 18.5 Å². The second-order valence-corrected chi connectivity index (χ2v) is 4.20. The highest BCUT2D eigenvalue weighted by Crippen LogP contribution is 2.17. The molecule has 0 spiro atoms. The molecule has 0 atom stereocenters. The molecule has 84 valence electrons. The summed E-state index contributed by atoms with van der Waals surface area (Å²) in [6, 6.07) is 8.31. The summed E-state index contributed by atoms with van der Waals surface area (Å²) in [5, 5.41) is 10.6. The van der Waals surface area contributed by atoms with Crippen molar-refractivity contribution in [2.45, 2.75) is 12.4 Å². The van der Waals surface area contributed by atoms with Crippen molar-refractivity contribution < 1.29 is 4.42 Å². The number of rotatable bonds is 4. The standard InChI is InChI=1S/C10H9BrClN3O/c11-8-4-2-1-3-7(8)6-13-10-15-14-9(5-12)16-10/h1-4H,5-6H2,(H,13,15). The molecule has 0 aliphatic heterocycles. The Morgan fingerprint density at radius 1 is 1.31 bits per heavy atom. The molecule has 16 heavy (non-hydrogen) atoms. The molecule has 6 heteroatoms. The van der Waals surface area contributed by atoms with Gasteiger partial charge in [-0.2, -0.15) is 0 Å². The van der Waals surface area contributed by atoms with Gasteiger partial charge in [-0.1, -0.05) is 39.2 Å². The molecule has 1 aromatic heterocycles. The monoisotopic (exact) mass is 301 g/mol. The van der Waals surface area contributed by atoms with Crippen molar-refractivity contribution in [1.29, 1.82) is 0 Å².